The van der Waals surface area contributed by atoms with Gasteiger partial charge in [0.25, 0.3) is 11.8 Å². The number of nitrogen functional groups attached to an aromatic ring is 1. The van der Waals surface area contributed by atoms with Crippen LogP contribution in [0.15, 0.2) is 84.9 Å². The summed E-state index contributed by atoms with van der Waals surface area (Å²) in [5, 5.41) is 18.5. The van der Waals surface area contributed by atoms with Gasteiger partial charge in [-0.3, -0.25) is 14.5 Å². The molecular weight excluding hydrogens is 652 g/mol. The SMILES string of the molecule is C[C@H]1CN([C@@H](C)CO)C(=O)c2cccc(NC(=O)Nc3ccc4c(c3)OCO4)c2O[C@H]1CN(C)Cc1ccc(C(=O)Nc2ccccc2N)cc1. The van der Waals surface area contributed by atoms with Gasteiger partial charge in [-0.2, -0.15) is 0 Å². The fourth-order valence-corrected chi connectivity index (χ4v) is 6.07. The summed E-state index contributed by atoms with van der Waals surface area (Å²) < 4.78 is 17.4. The molecule has 6 rings (SSSR count). The molecule has 0 fully saturated rings. The number of nitrogens with one attached hydrogen (secondary N) is 3. The van der Waals surface area contributed by atoms with Gasteiger partial charge in [0.15, 0.2) is 17.2 Å². The van der Waals surface area contributed by atoms with E-state index in [9.17, 15) is 19.5 Å². The highest BCUT2D eigenvalue weighted by molar-refractivity contribution is 6.06. The second-order valence-corrected chi connectivity index (χ2v) is 12.9. The molecule has 0 aliphatic carbocycles. The Morgan fingerprint density at radius 2 is 1.71 bits per heavy atom. The summed E-state index contributed by atoms with van der Waals surface area (Å²) >= 11 is 0. The van der Waals surface area contributed by atoms with Gasteiger partial charge >= 0.3 is 6.03 Å². The molecule has 0 spiro atoms. The Balaban J connectivity index is 1.18. The number of carbonyl (C=O) groups is 3. The van der Waals surface area contributed by atoms with E-state index in [2.05, 4.69) is 20.9 Å². The van der Waals surface area contributed by atoms with E-state index in [-0.39, 0.29) is 42.4 Å². The molecule has 4 amide bonds. The van der Waals surface area contributed by atoms with Crippen molar-refractivity contribution < 1.29 is 33.7 Å². The number of likely N-dealkylation sites (N-methyl/N-ethyl adjacent to an activating group) is 1. The number of aliphatic hydroxyl groups excluding tert-OH is 1. The number of ether oxygens (including phenoxy) is 3. The van der Waals surface area contributed by atoms with E-state index >= 15 is 0 Å². The van der Waals surface area contributed by atoms with Gasteiger partial charge in [0.05, 0.1) is 35.3 Å². The third kappa shape index (κ3) is 8.17. The first kappa shape index (κ1) is 35.1. The van der Waals surface area contributed by atoms with E-state index in [0.29, 0.717) is 59.4 Å². The number of nitrogens with zero attached hydrogens (tertiary/aromatic N) is 2. The lowest BCUT2D eigenvalue weighted by Gasteiger charge is -2.38. The molecule has 51 heavy (non-hydrogen) atoms. The molecule has 0 radical (unpaired) electrons. The van der Waals surface area contributed by atoms with Crippen LogP contribution in [0.5, 0.6) is 17.2 Å². The average molecular weight is 695 g/mol. The number of carbonyl (C=O) groups excluding carboxylic acids is 3. The fraction of sp³-hybridized carbons (Fsp3) is 0.289. The molecule has 0 saturated heterocycles. The highest BCUT2D eigenvalue weighted by atomic mass is 16.7. The predicted molar refractivity (Wildman–Crippen MR) is 194 cm³/mol. The van der Waals surface area contributed by atoms with Gasteiger partial charge in [0.1, 0.15) is 6.10 Å². The van der Waals surface area contributed by atoms with Crippen LogP contribution in [0.1, 0.15) is 40.1 Å². The smallest absolute Gasteiger partial charge is 0.323 e. The van der Waals surface area contributed by atoms with Crippen molar-refractivity contribution >= 4 is 40.6 Å². The number of hydrogen-bond donors (Lipinski definition) is 5. The van der Waals surface area contributed by atoms with Crippen LogP contribution in [-0.4, -0.2) is 78.4 Å². The zero-order chi connectivity index (χ0) is 36.1. The van der Waals surface area contributed by atoms with Crippen LogP contribution >= 0.6 is 0 Å². The van der Waals surface area contributed by atoms with Gasteiger partial charge in [0, 0.05) is 42.9 Å². The number of urea groups is 1. The van der Waals surface area contributed by atoms with Crippen molar-refractivity contribution in [2.75, 3.05) is 55.2 Å². The number of nitrogens with two attached hydrogens (primary N) is 1. The van der Waals surface area contributed by atoms with Gasteiger partial charge in [-0.25, -0.2) is 4.79 Å². The minimum absolute atomic E-state index is 0.115. The monoisotopic (exact) mass is 694 g/mol. The highest BCUT2D eigenvalue weighted by Gasteiger charge is 2.34. The van der Waals surface area contributed by atoms with Gasteiger partial charge in [-0.05, 0) is 68.1 Å². The molecule has 0 unspecified atom stereocenters. The fourth-order valence-electron chi connectivity index (χ4n) is 6.07. The molecule has 6 N–H and O–H groups in total. The summed E-state index contributed by atoms with van der Waals surface area (Å²) in [5.74, 6) is 0.667. The van der Waals surface area contributed by atoms with Crippen molar-refractivity contribution in [3.05, 3.63) is 102 Å². The van der Waals surface area contributed by atoms with Gasteiger partial charge in [-0.1, -0.05) is 37.3 Å². The molecule has 4 aromatic carbocycles. The third-order valence-corrected chi connectivity index (χ3v) is 8.94. The molecule has 2 aliphatic rings. The van der Waals surface area contributed by atoms with Crippen molar-refractivity contribution in [3.8, 4) is 17.2 Å². The molecule has 2 aliphatic heterocycles. The Morgan fingerprint density at radius 3 is 2.47 bits per heavy atom. The average Bonchev–Trinajstić information content (AvgIpc) is 3.59. The first-order valence-electron chi connectivity index (χ1n) is 16.7. The maximum atomic E-state index is 13.9. The number of benzene rings is 4. The number of aliphatic hydroxyl groups is 1. The predicted octanol–water partition coefficient (Wildman–Crippen LogP) is 5.25. The number of amides is 4. The molecule has 3 atom stereocenters. The summed E-state index contributed by atoms with van der Waals surface area (Å²) in [6.45, 7) is 5.10. The summed E-state index contributed by atoms with van der Waals surface area (Å²) in [7, 11) is 1.97. The van der Waals surface area contributed by atoms with Crippen LogP contribution in [0.3, 0.4) is 0 Å². The lowest BCUT2D eigenvalue weighted by Crippen LogP contribution is -2.49. The number of anilines is 4. The Kier molecular flexibility index (Phi) is 10.6. The largest absolute Gasteiger partial charge is 0.486 e. The number of para-hydroxylation sites is 3. The first-order valence-corrected chi connectivity index (χ1v) is 16.7. The molecule has 13 nitrogen and oxygen atoms in total. The third-order valence-electron chi connectivity index (χ3n) is 8.94. The maximum Gasteiger partial charge on any atom is 0.323 e. The van der Waals surface area contributed by atoms with E-state index in [4.69, 9.17) is 19.9 Å². The lowest BCUT2D eigenvalue weighted by molar-refractivity contribution is 0.0343. The number of fused-ring (bicyclic) bond motifs is 2. The second kappa shape index (κ2) is 15.4. The van der Waals surface area contributed by atoms with E-state index < -0.39 is 18.2 Å². The van der Waals surface area contributed by atoms with Crippen molar-refractivity contribution in [1.29, 1.82) is 0 Å². The molecule has 2 heterocycles. The second-order valence-electron chi connectivity index (χ2n) is 12.9. The zero-order valence-electron chi connectivity index (χ0n) is 28.7. The summed E-state index contributed by atoms with van der Waals surface area (Å²) in [4.78, 5) is 43.7. The van der Waals surface area contributed by atoms with E-state index in [1.165, 1.54) is 0 Å². The van der Waals surface area contributed by atoms with Crippen molar-refractivity contribution in [2.24, 2.45) is 5.92 Å². The van der Waals surface area contributed by atoms with Crippen LogP contribution in [0.2, 0.25) is 0 Å². The highest BCUT2D eigenvalue weighted by Crippen LogP contribution is 2.36. The van der Waals surface area contributed by atoms with Crippen LogP contribution < -0.4 is 35.9 Å². The van der Waals surface area contributed by atoms with E-state index in [1.54, 1.807) is 78.6 Å². The van der Waals surface area contributed by atoms with Crippen LogP contribution in [-0.2, 0) is 6.54 Å². The summed E-state index contributed by atoms with van der Waals surface area (Å²) in [5.41, 5.74) is 9.61. The summed E-state index contributed by atoms with van der Waals surface area (Å²) in [6, 6.07) is 23.6. The van der Waals surface area contributed by atoms with Crippen LogP contribution in [0.4, 0.5) is 27.5 Å². The number of rotatable bonds is 10. The Hall–Kier alpha value is -5.79. The zero-order valence-corrected chi connectivity index (χ0v) is 28.7. The molecule has 0 saturated carbocycles. The lowest BCUT2D eigenvalue weighted by atomic mass is 9.98. The Morgan fingerprint density at radius 1 is 0.961 bits per heavy atom. The van der Waals surface area contributed by atoms with Crippen LogP contribution in [0.25, 0.3) is 0 Å². The summed E-state index contributed by atoms with van der Waals surface area (Å²) in [6.07, 6.45) is -0.406. The quantitative estimate of drug-likeness (QED) is 0.139. The normalized spacial score (nSPS) is 17.1. The first-order chi connectivity index (χ1) is 24.6. The van der Waals surface area contributed by atoms with E-state index in [0.717, 1.165) is 5.56 Å². The minimum atomic E-state index is -0.535. The Bertz CT molecular complexity index is 1900. The molecule has 266 valence electrons. The van der Waals surface area contributed by atoms with Gasteiger partial charge in [0.2, 0.25) is 6.79 Å². The topological polar surface area (TPSA) is 168 Å². The maximum absolute atomic E-state index is 13.9. The standard InChI is InChI=1S/C38H42N6O7/c1-23-18-44(24(2)21-45)37(47)28-7-6-10-31(42-38(48)40-27-15-16-32-33(17-27)50-22-49-32)35(28)51-34(23)20-43(3)19-25-11-13-26(14-12-25)36(46)41-30-9-5-4-8-29(30)39/h4-17,23-24,34,45H,18-22,39H2,1-3H3,(H,41,46)(H2,40,42,48)/t23-,24-,34-/m0/s1. The van der Waals surface area contributed by atoms with Gasteiger partial charge < -0.3 is 45.9 Å². The molecule has 0 bridgehead atoms. The van der Waals surface area contributed by atoms with Crippen molar-refractivity contribution in [2.45, 2.75) is 32.5 Å². The molecule has 13 heteroatoms. The van der Waals surface area contributed by atoms with E-state index in [1.807, 2.05) is 32.2 Å². The molecule has 4 aromatic rings. The molecular formula is C38H42N6O7. The van der Waals surface area contributed by atoms with Gasteiger partial charge in [-0.15, -0.1) is 0 Å². The van der Waals surface area contributed by atoms with Crippen molar-refractivity contribution in [1.82, 2.24) is 9.80 Å². The van der Waals surface area contributed by atoms with Crippen LogP contribution in [0, 0.1) is 5.92 Å². The van der Waals surface area contributed by atoms with Crippen molar-refractivity contribution in [3.63, 3.8) is 0 Å². The minimum Gasteiger partial charge on any atom is -0.486 e. The molecule has 0 aromatic heterocycles. The Labute approximate surface area is 296 Å². The number of hydrogen-bond acceptors (Lipinski definition) is 9.